The molecule has 1 aliphatic heterocycles. The Morgan fingerprint density at radius 1 is 1.03 bits per heavy atom. The van der Waals surface area contributed by atoms with E-state index in [0.717, 1.165) is 5.56 Å². The second kappa shape index (κ2) is 9.87. The first-order chi connectivity index (χ1) is 16.3. The first kappa shape index (κ1) is 23.8. The lowest BCUT2D eigenvalue weighted by molar-refractivity contribution is 0.0526. The molecule has 0 spiro atoms. The van der Waals surface area contributed by atoms with E-state index in [1.807, 2.05) is 0 Å². The van der Waals surface area contributed by atoms with Crippen LogP contribution in [0.25, 0.3) is 0 Å². The zero-order chi connectivity index (χ0) is 24.3. The third kappa shape index (κ3) is 5.08. The number of fused-ring (bicyclic) bond motifs is 1. The SMILES string of the molecule is CCOC(=O)c1ccc(NS(=O)(=O)c2ccc3c(c2)CCCN3C(=O)c2cccc(Cl)c2)cc1. The van der Waals surface area contributed by atoms with E-state index in [2.05, 4.69) is 4.72 Å². The van der Waals surface area contributed by atoms with E-state index in [9.17, 15) is 18.0 Å². The summed E-state index contributed by atoms with van der Waals surface area (Å²) in [5, 5.41) is 0.478. The van der Waals surface area contributed by atoms with Crippen molar-refractivity contribution in [3.63, 3.8) is 0 Å². The zero-order valence-electron chi connectivity index (χ0n) is 18.5. The first-order valence-corrected chi connectivity index (χ1v) is 12.6. The number of benzene rings is 3. The fourth-order valence-electron chi connectivity index (χ4n) is 3.83. The summed E-state index contributed by atoms with van der Waals surface area (Å²) in [5.74, 6) is -0.651. The van der Waals surface area contributed by atoms with Gasteiger partial charge in [-0.25, -0.2) is 13.2 Å². The molecule has 7 nitrogen and oxygen atoms in total. The normalized spacial score (nSPS) is 13.2. The number of halogens is 1. The maximum Gasteiger partial charge on any atom is 0.338 e. The summed E-state index contributed by atoms with van der Waals surface area (Å²) in [5.41, 5.74) is 2.60. The van der Waals surface area contributed by atoms with Crippen molar-refractivity contribution in [1.29, 1.82) is 0 Å². The largest absolute Gasteiger partial charge is 0.462 e. The van der Waals surface area contributed by atoms with Crippen LogP contribution in [0.2, 0.25) is 5.02 Å². The average Bonchev–Trinajstić information content (AvgIpc) is 2.83. The highest BCUT2D eigenvalue weighted by molar-refractivity contribution is 7.92. The number of rotatable bonds is 6. The quantitative estimate of drug-likeness (QED) is 0.487. The predicted octanol–water partition coefficient (Wildman–Crippen LogP) is 4.91. The Bertz CT molecular complexity index is 1340. The maximum atomic E-state index is 13.1. The van der Waals surface area contributed by atoms with Crippen molar-refractivity contribution in [2.24, 2.45) is 0 Å². The molecule has 1 amide bonds. The molecule has 3 aromatic rings. The van der Waals surface area contributed by atoms with Gasteiger partial charge in [0.1, 0.15) is 0 Å². The lowest BCUT2D eigenvalue weighted by Gasteiger charge is -2.30. The summed E-state index contributed by atoms with van der Waals surface area (Å²) < 4.78 is 33.4. The molecule has 0 unspecified atom stereocenters. The number of hydrogen-bond donors (Lipinski definition) is 1. The summed E-state index contributed by atoms with van der Waals surface area (Å²) in [6.07, 6.45) is 1.37. The number of sulfonamides is 1. The van der Waals surface area contributed by atoms with Crippen LogP contribution in [0.3, 0.4) is 0 Å². The monoisotopic (exact) mass is 498 g/mol. The molecule has 0 radical (unpaired) electrons. The molecular weight excluding hydrogens is 476 g/mol. The molecule has 34 heavy (non-hydrogen) atoms. The fourth-order valence-corrected chi connectivity index (χ4v) is 5.13. The maximum absolute atomic E-state index is 13.1. The van der Waals surface area contributed by atoms with Crippen LogP contribution in [0, 0.1) is 0 Å². The predicted molar refractivity (Wildman–Crippen MR) is 131 cm³/mol. The van der Waals surface area contributed by atoms with Gasteiger partial charge in [0, 0.05) is 28.5 Å². The third-order valence-electron chi connectivity index (χ3n) is 5.44. The minimum atomic E-state index is -3.87. The number of esters is 1. The van der Waals surface area contributed by atoms with Crippen molar-refractivity contribution in [2.45, 2.75) is 24.7 Å². The highest BCUT2D eigenvalue weighted by atomic mass is 35.5. The van der Waals surface area contributed by atoms with Gasteiger partial charge in [0.2, 0.25) is 0 Å². The highest BCUT2D eigenvalue weighted by Crippen LogP contribution is 2.31. The second-order valence-corrected chi connectivity index (χ2v) is 9.88. The molecular formula is C25H23ClN2O5S. The molecule has 0 aromatic heterocycles. The molecule has 0 bridgehead atoms. The Hall–Kier alpha value is -3.36. The van der Waals surface area contributed by atoms with E-state index in [-0.39, 0.29) is 17.4 Å². The topological polar surface area (TPSA) is 92.8 Å². The number of amides is 1. The lowest BCUT2D eigenvalue weighted by Crippen LogP contribution is -2.35. The van der Waals surface area contributed by atoms with Crippen molar-refractivity contribution in [2.75, 3.05) is 22.8 Å². The van der Waals surface area contributed by atoms with Gasteiger partial charge >= 0.3 is 5.97 Å². The number of aryl methyl sites for hydroxylation is 1. The van der Waals surface area contributed by atoms with Gasteiger partial charge in [0.15, 0.2) is 0 Å². The standard InChI is InChI=1S/C25H23ClN2O5S/c1-2-33-25(30)17-8-10-21(11-9-17)27-34(31,32)22-12-13-23-18(16-22)6-4-14-28(23)24(29)19-5-3-7-20(26)15-19/h3,5,7-13,15-16,27H,2,4,6,14H2,1H3. The summed E-state index contributed by atoms with van der Waals surface area (Å²) in [4.78, 5) is 26.6. The van der Waals surface area contributed by atoms with Crippen LogP contribution >= 0.6 is 11.6 Å². The Balaban J connectivity index is 1.56. The van der Waals surface area contributed by atoms with Gasteiger partial charge in [-0.15, -0.1) is 0 Å². The molecule has 0 aliphatic carbocycles. The van der Waals surface area contributed by atoms with E-state index in [1.165, 1.54) is 30.3 Å². The van der Waals surface area contributed by atoms with Crippen LogP contribution in [0.5, 0.6) is 0 Å². The number of nitrogens with one attached hydrogen (secondary N) is 1. The van der Waals surface area contributed by atoms with Crippen molar-refractivity contribution in [3.8, 4) is 0 Å². The smallest absolute Gasteiger partial charge is 0.338 e. The van der Waals surface area contributed by atoms with Crippen LogP contribution in [-0.4, -0.2) is 33.4 Å². The van der Waals surface area contributed by atoms with Crippen molar-refractivity contribution in [3.05, 3.63) is 88.4 Å². The van der Waals surface area contributed by atoms with Gasteiger partial charge in [0.05, 0.1) is 17.1 Å². The minimum absolute atomic E-state index is 0.0952. The summed E-state index contributed by atoms with van der Waals surface area (Å²) in [6, 6.07) is 17.5. The number of anilines is 2. The molecule has 1 N–H and O–H groups in total. The van der Waals surface area contributed by atoms with Crippen LogP contribution in [0.1, 0.15) is 39.6 Å². The molecule has 3 aromatic carbocycles. The van der Waals surface area contributed by atoms with Crippen molar-refractivity contribution >= 4 is 44.9 Å². The first-order valence-electron chi connectivity index (χ1n) is 10.8. The van der Waals surface area contributed by atoms with E-state index < -0.39 is 16.0 Å². The van der Waals surface area contributed by atoms with Gasteiger partial charge in [-0.3, -0.25) is 9.52 Å². The van der Waals surface area contributed by atoms with Gasteiger partial charge in [-0.2, -0.15) is 0 Å². The Kier molecular flexibility index (Phi) is 6.90. The number of carbonyl (C=O) groups is 2. The van der Waals surface area contributed by atoms with Crippen molar-refractivity contribution in [1.82, 2.24) is 0 Å². The number of nitrogens with zero attached hydrogens (tertiary/aromatic N) is 1. The fraction of sp³-hybridized carbons (Fsp3) is 0.200. The average molecular weight is 499 g/mol. The number of hydrogen-bond acceptors (Lipinski definition) is 5. The molecule has 0 saturated heterocycles. The van der Waals surface area contributed by atoms with Crippen LogP contribution in [0.4, 0.5) is 11.4 Å². The number of ether oxygens (including phenoxy) is 1. The molecule has 0 saturated carbocycles. The van der Waals surface area contributed by atoms with E-state index >= 15 is 0 Å². The molecule has 0 atom stereocenters. The molecule has 9 heteroatoms. The third-order valence-corrected chi connectivity index (χ3v) is 7.06. The van der Waals surface area contributed by atoms with Gasteiger partial charge in [0.25, 0.3) is 15.9 Å². The van der Waals surface area contributed by atoms with Crippen LogP contribution in [0.15, 0.2) is 71.6 Å². The zero-order valence-corrected chi connectivity index (χ0v) is 20.0. The number of carbonyl (C=O) groups excluding carboxylic acids is 2. The molecule has 176 valence electrons. The Labute approximate surface area is 203 Å². The van der Waals surface area contributed by atoms with E-state index in [4.69, 9.17) is 16.3 Å². The second-order valence-electron chi connectivity index (χ2n) is 7.76. The lowest BCUT2D eigenvalue weighted by atomic mass is 10.0. The van der Waals surface area contributed by atoms with Gasteiger partial charge in [-0.05, 0) is 86.0 Å². The molecule has 1 aliphatic rings. The Morgan fingerprint density at radius 2 is 1.79 bits per heavy atom. The van der Waals surface area contributed by atoms with E-state index in [0.29, 0.717) is 46.9 Å². The summed E-state index contributed by atoms with van der Waals surface area (Å²) >= 11 is 6.04. The molecule has 0 fully saturated rings. The van der Waals surface area contributed by atoms with Gasteiger partial charge < -0.3 is 9.64 Å². The Morgan fingerprint density at radius 3 is 2.50 bits per heavy atom. The van der Waals surface area contributed by atoms with Crippen LogP contribution < -0.4 is 9.62 Å². The minimum Gasteiger partial charge on any atom is -0.462 e. The molecule has 1 heterocycles. The summed E-state index contributed by atoms with van der Waals surface area (Å²) in [6.45, 7) is 2.51. The van der Waals surface area contributed by atoms with Crippen LogP contribution in [-0.2, 0) is 21.2 Å². The van der Waals surface area contributed by atoms with Crippen molar-refractivity contribution < 1.29 is 22.7 Å². The van der Waals surface area contributed by atoms with Gasteiger partial charge in [-0.1, -0.05) is 17.7 Å². The molecule has 4 rings (SSSR count). The summed E-state index contributed by atoms with van der Waals surface area (Å²) in [7, 11) is -3.87. The highest BCUT2D eigenvalue weighted by Gasteiger charge is 2.26. The van der Waals surface area contributed by atoms with E-state index in [1.54, 1.807) is 48.2 Å².